The molecule has 3 N–H and O–H groups in total. The van der Waals surface area contributed by atoms with Gasteiger partial charge in [-0.2, -0.15) is 0 Å². The van der Waals surface area contributed by atoms with Crippen LogP contribution in [0.4, 0.5) is 0 Å². The number of rotatable bonds is 5. The molecular formula is C13H21NO3. The number of ether oxygens (including phenoxy) is 1. The second kappa shape index (κ2) is 5.38. The van der Waals surface area contributed by atoms with Gasteiger partial charge >= 0.3 is 0 Å². The second-order valence-electron chi connectivity index (χ2n) is 4.76. The van der Waals surface area contributed by atoms with Gasteiger partial charge in [-0.1, -0.05) is 6.07 Å². The first-order valence-electron chi connectivity index (χ1n) is 5.66. The SMILES string of the molecule is COc1cc(CNC(C)(C)C(C)O)ccc1O. The summed E-state index contributed by atoms with van der Waals surface area (Å²) >= 11 is 0. The molecule has 4 heteroatoms. The first kappa shape index (κ1) is 13.8. The summed E-state index contributed by atoms with van der Waals surface area (Å²) in [5, 5.41) is 22.3. The predicted molar refractivity (Wildman–Crippen MR) is 67.3 cm³/mol. The van der Waals surface area contributed by atoms with E-state index in [-0.39, 0.29) is 11.3 Å². The molecular weight excluding hydrogens is 218 g/mol. The van der Waals surface area contributed by atoms with Crippen LogP contribution in [0.5, 0.6) is 11.5 Å². The number of methoxy groups -OCH3 is 1. The van der Waals surface area contributed by atoms with Crippen molar-refractivity contribution in [3.05, 3.63) is 23.8 Å². The summed E-state index contributed by atoms with van der Waals surface area (Å²) in [5.41, 5.74) is 0.638. The maximum Gasteiger partial charge on any atom is 0.160 e. The summed E-state index contributed by atoms with van der Waals surface area (Å²) in [6.07, 6.45) is -0.443. The van der Waals surface area contributed by atoms with Gasteiger partial charge in [0.2, 0.25) is 0 Å². The van der Waals surface area contributed by atoms with Gasteiger partial charge in [-0.05, 0) is 38.5 Å². The van der Waals surface area contributed by atoms with Crippen molar-refractivity contribution in [3.8, 4) is 11.5 Å². The van der Waals surface area contributed by atoms with Gasteiger partial charge in [-0.15, -0.1) is 0 Å². The van der Waals surface area contributed by atoms with Crippen LogP contribution in [-0.2, 0) is 6.54 Å². The number of benzene rings is 1. The summed E-state index contributed by atoms with van der Waals surface area (Å²) in [6.45, 7) is 6.24. The van der Waals surface area contributed by atoms with E-state index in [1.165, 1.54) is 7.11 Å². The molecule has 0 aliphatic rings. The van der Waals surface area contributed by atoms with E-state index in [9.17, 15) is 10.2 Å². The molecule has 1 rings (SSSR count). The highest BCUT2D eigenvalue weighted by atomic mass is 16.5. The molecule has 4 nitrogen and oxygen atoms in total. The fraction of sp³-hybridized carbons (Fsp3) is 0.538. The quantitative estimate of drug-likeness (QED) is 0.731. The maximum absolute atomic E-state index is 9.58. The molecule has 96 valence electrons. The van der Waals surface area contributed by atoms with Crippen LogP contribution in [0, 0.1) is 0 Å². The van der Waals surface area contributed by atoms with E-state index in [0.29, 0.717) is 12.3 Å². The van der Waals surface area contributed by atoms with Gasteiger partial charge in [0.05, 0.1) is 13.2 Å². The average molecular weight is 239 g/mol. The summed E-state index contributed by atoms with van der Waals surface area (Å²) in [6, 6.07) is 5.20. The standard InChI is InChI=1S/C13H21NO3/c1-9(15)13(2,3)14-8-10-5-6-11(16)12(7-10)17-4/h5-7,9,14-16H,8H2,1-4H3. The molecule has 1 aromatic carbocycles. The molecule has 0 heterocycles. The molecule has 0 saturated carbocycles. The van der Waals surface area contributed by atoms with E-state index in [0.717, 1.165) is 5.56 Å². The highest BCUT2D eigenvalue weighted by Gasteiger charge is 2.22. The van der Waals surface area contributed by atoms with Crippen LogP contribution in [0.15, 0.2) is 18.2 Å². The molecule has 0 aromatic heterocycles. The number of phenols is 1. The monoisotopic (exact) mass is 239 g/mol. The normalized spacial score (nSPS) is 13.5. The lowest BCUT2D eigenvalue weighted by molar-refractivity contribution is 0.0956. The first-order chi connectivity index (χ1) is 7.86. The van der Waals surface area contributed by atoms with Crippen molar-refractivity contribution in [2.75, 3.05) is 7.11 Å². The van der Waals surface area contributed by atoms with E-state index in [2.05, 4.69) is 5.32 Å². The van der Waals surface area contributed by atoms with E-state index in [1.54, 1.807) is 19.1 Å². The Kier molecular flexibility index (Phi) is 4.37. The third-order valence-corrected chi connectivity index (χ3v) is 3.04. The Morgan fingerprint density at radius 1 is 1.41 bits per heavy atom. The molecule has 0 spiro atoms. The number of nitrogens with one attached hydrogen (secondary N) is 1. The summed E-state index contributed by atoms with van der Waals surface area (Å²) in [4.78, 5) is 0. The van der Waals surface area contributed by atoms with Crippen molar-refractivity contribution in [3.63, 3.8) is 0 Å². The Balaban J connectivity index is 2.70. The Hall–Kier alpha value is -1.26. The lowest BCUT2D eigenvalue weighted by Gasteiger charge is -2.29. The van der Waals surface area contributed by atoms with Crippen molar-refractivity contribution in [1.29, 1.82) is 0 Å². The molecule has 0 amide bonds. The van der Waals surface area contributed by atoms with Gasteiger partial charge in [0, 0.05) is 12.1 Å². The Bertz CT molecular complexity index is 375. The molecule has 0 aliphatic heterocycles. The summed E-state index contributed by atoms with van der Waals surface area (Å²) in [7, 11) is 1.52. The van der Waals surface area contributed by atoms with Crippen LogP contribution in [0.1, 0.15) is 26.3 Å². The lowest BCUT2D eigenvalue weighted by Crippen LogP contribution is -2.47. The van der Waals surface area contributed by atoms with E-state index in [4.69, 9.17) is 4.74 Å². The van der Waals surface area contributed by atoms with Crippen molar-refractivity contribution in [2.24, 2.45) is 0 Å². The third-order valence-electron chi connectivity index (χ3n) is 3.04. The molecule has 0 fully saturated rings. The fourth-order valence-electron chi connectivity index (χ4n) is 1.31. The molecule has 0 bridgehead atoms. The van der Waals surface area contributed by atoms with Crippen LogP contribution in [-0.4, -0.2) is 29.0 Å². The maximum atomic E-state index is 9.58. The van der Waals surface area contributed by atoms with Crippen LogP contribution >= 0.6 is 0 Å². The van der Waals surface area contributed by atoms with Gasteiger partial charge < -0.3 is 20.3 Å². The van der Waals surface area contributed by atoms with Gasteiger partial charge in [0.15, 0.2) is 11.5 Å². The lowest BCUT2D eigenvalue weighted by atomic mass is 9.98. The van der Waals surface area contributed by atoms with E-state index < -0.39 is 6.10 Å². The first-order valence-corrected chi connectivity index (χ1v) is 5.66. The summed E-state index contributed by atoms with van der Waals surface area (Å²) in [5.74, 6) is 0.588. The molecule has 0 aliphatic carbocycles. The highest BCUT2D eigenvalue weighted by molar-refractivity contribution is 5.41. The van der Waals surface area contributed by atoms with Gasteiger partial charge in [-0.25, -0.2) is 0 Å². The van der Waals surface area contributed by atoms with Gasteiger partial charge in [0.1, 0.15) is 0 Å². The fourth-order valence-corrected chi connectivity index (χ4v) is 1.31. The molecule has 0 saturated heterocycles. The van der Waals surface area contributed by atoms with Crippen LogP contribution in [0.25, 0.3) is 0 Å². The minimum atomic E-state index is -0.443. The van der Waals surface area contributed by atoms with Crippen molar-refractivity contribution < 1.29 is 14.9 Å². The van der Waals surface area contributed by atoms with Crippen molar-refractivity contribution in [1.82, 2.24) is 5.32 Å². The van der Waals surface area contributed by atoms with Crippen molar-refractivity contribution >= 4 is 0 Å². The predicted octanol–water partition coefficient (Wildman–Crippen LogP) is 1.65. The van der Waals surface area contributed by atoms with E-state index >= 15 is 0 Å². The zero-order valence-corrected chi connectivity index (χ0v) is 10.8. The molecule has 0 radical (unpaired) electrons. The van der Waals surface area contributed by atoms with Crippen LogP contribution < -0.4 is 10.1 Å². The number of aliphatic hydroxyl groups excluding tert-OH is 1. The van der Waals surface area contributed by atoms with E-state index in [1.807, 2.05) is 19.9 Å². The molecule has 1 aromatic rings. The Morgan fingerprint density at radius 3 is 2.59 bits per heavy atom. The minimum absolute atomic E-state index is 0.131. The Labute approximate surface area is 102 Å². The second-order valence-corrected chi connectivity index (χ2v) is 4.76. The summed E-state index contributed by atoms with van der Waals surface area (Å²) < 4.78 is 5.04. The zero-order valence-electron chi connectivity index (χ0n) is 10.8. The van der Waals surface area contributed by atoms with Gasteiger partial charge in [-0.3, -0.25) is 0 Å². The number of phenolic OH excluding ortho intramolecular Hbond substituents is 1. The zero-order chi connectivity index (χ0) is 13.1. The molecule has 1 atom stereocenters. The largest absolute Gasteiger partial charge is 0.504 e. The Morgan fingerprint density at radius 2 is 2.06 bits per heavy atom. The van der Waals surface area contributed by atoms with Crippen molar-refractivity contribution in [2.45, 2.75) is 39.0 Å². The number of hydrogen-bond donors (Lipinski definition) is 3. The topological polar surface area (TPSA) is 61.7 Å². The van der Waals surface area contributed by atoms with Gasteiger partial charge in [0.25, 0.3) is 0 Å². The van der Waals surface area contributed by atoms with Crippen LogP contribution in [0.2, 0.25) is 0 Å². The number of aliphatic hydroxyl groups is 1. The number of hydrogen-bond acceptors (Lipinski definition) is 4. The minimum Gasteiger partial charge on any atom is -0.504 e. The smallest absolute Gasteiger partial charge is 0.160 e. The van der Waals surface area contributed by atoms with Crippen LogP contribution in [0.3, 0.4) is 0 Å². The average Bonchev–Trinajstić information content (AvgIpc) is 2.28. The number of aromatic hydroxyl groups is 1. The molecule has 1 unspecified atom stereocenters. The highest BCUT2D eigenvalue weighted by Crippen LogP contribution is 2.26. The third kappa shape index (κ3) is 3.61. The molecule has 17 heavy (non-hydrogen) atoms.